The Hall–Kier alpha value is -3.34. The fourth-order valence-electron chi connectivity index (χ4n) is 4.12. The number of halogens is 4. The number of alkyl halides is 3. The van der Waals surface area contributed by atoms with Crippen LogP contribution in [0, 0.1) is 5.82 Å². The van der Waals surface area contributed by atoms with Crippen molar-refractivity contribution in [2.75, 3.05) is 84.5 Å². The molecule has 0 aliphatic rings. The maximum atomic E-state index is 15.0. The molecule has 20 heteroatoms. The molecular formula is C30H43F4N7O8S. The van der Waals surface area contributed by atoms with Gasteiger partial charge in [-0.05, 0) is 32.0 Å². The molecule has 0 radical (unpaired) electrons. The van der Waals surface area contributed by atoms with Crippen LogP contribution in [0.3, 0.4) is 0 Å². The van der Waals surface area contributed by atoms with Crippen LogP contribution >= 0.6 is 0 Å². The molecule has 0 fully saturated rings. The van der Waals surface area contributed by atoms with Gasteiger partial charge in [0.1, 0.15) is 11.4 Å². The Labute approximate surface area is 287 Å². The van der Waals surface area contributed by atoms with Crippen LogP contribution in [0.1, 0.15) is 19.4 Å². The van der Waals surface area contributed by atoms with E-state index in [1.54, 1.807) is 0 Å². The summed E-state index contributed by atoms with van der Waals surface area (Å²) in [5.41, 5.74) is 2.16. The highest BCUT2D eigenvalue weighted by Gasteiger charge is 2.36. The molecule has 0 saturated carbocycles. The number of nitrogens with zero attached hydrogens (tertiary/aromatic N) is 4. The molecule has 0 bridgehead atoms. The Morgan fingerprint density at radius 1 is 0.900 bits per heavy atom. The van der Waals surface area contributed by atoms with E-state index in [0.717, 1.165) is 24.4 Å². The van der Waals surface area contributed by atoms with Crippen molar-refractivity contribution < 1.29 is 54.8 Å². The van der Waals surface area contributed by atoms with Crippen LogP contribution in [-0.2, 0) is 46.4 Å². The number of hydrogen-bond donors (Lipinski definition) is 4. The Morgan fingerprint density at radius 2 is 1.48 bits per heavy atom. The second-order valence-electron chi connectivity index (χ2n) is 11.2. The standard InChI is InChI=1S/C30H43F4N7O8S/c1-29(2,42)21-41-20-22(18-37-41)27-24(30(32,33)34)19-36-28(40-27)39-26-4-3-23(17-25(26)31)50(43,44)38-6-8-46-10-12-48-14-16-49-15-13-47-11-9-45-7-5-35/h3-4,17-20,38,42H,5-16,21,35H2,1-2H3,(H,36,39,40). The van der Waals surface area contributed by atoms with E-state index in [1.807, 2.05) is 0 Å². The van der Waals surface area contributed by atoms with Crippen molar-refractivity contribution in [2.24, 2.45) is 5.73 Å². The normalized spacial score (nSPS) is 12.5. The molecule has 0 unspecified atom stereocenters. The first-order valence-electron chi connectivity index (χ1n) is 15.5. The predicted octanol–water partition coefficient (Wildman–Crippen LogP) is 2.33. The van der Waals surface area contributed by atoms with Crippen LogP contribution < -0.4 is 15.8 Å². The van der Waals surface area contributed by atoms with Crippen molar-refractivity contribution in [3.05, 3.63) is 48.2 Å². The third kappa shape index (κ3) is 14.5. The largest absolute Gasteiger partial charge is 0.419 e. The van der Waals surface area contributed by atoms with E-state index in [1.165, 1.54) is 24.7 Å². The lowest BCUT2D eigenvalue weighted by molar-refractivity contribution is -0.137. The third-order valence-corrected chi connectivity index (χ3v) is 7.79. The lowest BCUT2D eigenvalue weighted by Gasteiger charge is -2.16. The number of rotatable bonds is 24. The van der Waals surface area contributed by atoms with E-state index in [-0.39, 0.29) is 55.0 Å². The zero-order valence-electron chi connectivity index (χ0n) is 27.7. The molecular weight excluding hydrogens is 694 g/mol. The van der Waals surface area contributed by atoms with E-state index in [0.29, 0.717) is 59.0 Å². The van der Waals surface area contributed by atoms with Gasteiger partial charge in [-0.25, -0.2) is 27.5 Å². The predicted molar refractivity (Wildman–Crippen MR) is 173 cm³/mol. The molecule has 1 aromatic carbocycles. The number of nitrogens with two attached hydrogens (primary N) is 1. The summed E-state index contributed by atoms with van der Waals surface area (Å²) in [6, 6.07) is 2.95. The molecule has 3 rings (SSSR count). The molecule has 3 aromatic rings. The quantitative estimate of drug-likeness (QED) is 0.0774. The maximum absolute atomic E-state index is 15.0. The van der Waals surface area contributed by atoms with Crippen LogP contribution in [-0.4, -0.2) is 118 Å². The van der Waals surface area contributed by atoms with Crippen LogP contribution in [0.4, 0.5) is 29.2 Å². The highest BCUT2D eigenvalue weighted by Crippen LogP contribution is 2.36. The van der Waals surface area contributed by atoms with Gasteiger partial charge in [0.2, 0.25) is 16.0 Å². The first-order valence-corrected chi connectivity index (χ1v) is 17.0. The third-order valence-electron chi connectivity index (χ3n) is 6.34. The zero-order valence-corrected chi connectivity index (χ0v) is 28.6. The lowest BCUT2D eigenvalue weighted by atomic mass is 10.1. The van der Waals surface area contributed by atoms with Crippen LogP contribution in [0.2, 0.25) is 0 Å². The highest BCUT2D eigenvalue weighted by molar-refractivity contribution is 7.89. The molecule has 0 aliphatic carbocycles. The molecule has 0 amide bonds. The Bertz CT molecular complexity index is 1570. The number of aromatic nitrogens is 4. The molecule has 50 heavy (non-hydrogen) atoms. The van der Waals surface area contributed by atoms with Crippen LogP contribution in [0.5, 0.6) is 0 Å². The fraction of sp³-hybridized carbons (Fsp3) is 0.567. The Kier molecular flexibility index (Phi) is 16.3. The number of anilines is 2. The minimum absolute atomic E-state index is 0.00417. The first-order chi connectivity index (χ1) is 23.7. The number of sulfonamides is 1. The SMILES string of the molecule is CC(C)(O)Cn1cc(-c2nc(Nc3ccc(S(=O)(=O)NCCOCCOCCOCCOCCOCCN)cc3F)ncc2C(F)(F)F)cn1. The van der Waals surface area contributed by atoms with Gasteiger partial charge < -0.3 is 39.8 Å². The maximum Gasteiger partial charge on any atom is 0.419 e. The summed E-state index contributed by atoms with van der Waals surface area (Å²) >= 11 is 0. The van der Waals surface area contributed by atoms with E-state index >= 15 is 0 Å². The van der Waals surface area contributed by atoms with Gasteiger partial charge in [-0.2, -0.15) is 18.3 Å². The Balaban J connectivity index is 1.43. The number of hydrogen-bond acceptors (Lipinski definition) is 13. The highest BCUT2D eigenvalue weighted by atomic mass is 32.2. The summed E-state index contributed by atoms with van der Waals surface area (Å²) in [5.74, 6) is -1.40. The zero-order chi connectivity index (χ0) is 36.6. The van der Waals surface area contributed by atoms with Gasteiger partial charge in [-0.15, -0.1) is 0 Å². The topological polar surface area (TPSA) is 194 Å². The summed E-state index contributed by atoms with van der Waals surface area (Å²) in [7, 11) is -4.12. The molecule has 0 aliphatic heterocycles. The van der Waals surface area contributed by atoms with E-state index in [2.05, 4.69) is 25.1 Å². The van der Waals surface area contributed by atoms with Crippen molar-refractivity contribution >= 4 is 21.7 Å². The first kappa shape index (κ1) is 41.1. The number of aliphatic hydroxyl groups is 1. The monoisotopic (exact) mass is 737 g/mol. The van der Waals surface area contributed by atoms with Gasteiger partial charge in [0.15, 0.2) is 0 Å². The van der Waals surface area contributed by atoms with Gasteiger partial charge in [-0.1, -0.05) is 0 Å². The van der Waals surface area contributed by atoms with Crippen molar-refractivity contribution in [2.45, 2.75) is 37.1 Å². The minimum Gasteiger partial charge on any atom is -0.389 e. The molecule has 0 atom stereocenters. The molecule has 2 aromatic heterocycles. The number of benzene rings is 1. The van der Waals surface area contributed by atoms with Gasteiger partial charge in [0, 0.05) is 31.0 Å². The van der Waals surface area contributed by atoms with Crippen LogP contribution in [0.25, 0.3) is 11.3 Å². The van der Waals surface area contributed by atoms with Crippen molar-refractivity contribution in [1.82, 2.24) is 24.5 Å². The average molecular weight is 738 g/mol. The average Bonchev–Trinajstić information content (AvgIpc) is 3.49. The number of ether oxygens (including phenoxy) is 5. The molecule has 15 nitrogen and oxygen atoms in total. The molecule has 5 N–H and O–H groups in total. The molecule has 0 saturated heterocycles. The van der Waals surface area contributed by atoms with Gasteiger partial charge >= 0.3 is 6.18 Å². The smallest absolute Gasteiger partial charge is 0.389 e. The summed E-state index contributed by atoms with van der Waals surface area (Å²) in [6.07, 6.45) is -1.83. The Morgan fingerprint density at radius 3 is 2.02 bits per heavy atom. The van der Waals surface area contributed by atoms with E-state index in [9.17, 15) is 31.1 Å². The van der Waals surface area contributed by atoms with E-state index in [4.69, 9.17) is 29.4 Å². The second-order valence-corrected chi connectivity index (χ2v) is 13.0. The van der Waals surface area contributed by atoms with Gasteiger partial charge in [-0.3, -0.25) is 4.68 Å². The lowest BCUT2D eigenvalue weighted by Crippen LogP contribution is -2.28. The number of nitrogens with one attached hydrogen (secondary N) is 2. The minimum atomic E-state index is -4.81. The van der Waals surface area contributed by atoms with Crippen molar-refractivity contribution in [3.8, 4) is 11.3 Å². The van der Waals surface area contributed by atoms with Gasteiger partial charge in [0.25, 0.3) is 0 Å². The van der Waals surface area contributed by atoms with Crippen molar-refractivity contribution in [3.63, 3.8) is 0 Å². The van der Waals surface area contributed by atoms with Crippen LogP contribution in [0.15, 0.2) is 41.7 Å². The summed E-state index contributed by atoms with van der Waals surface area (Å²) in [5, 5.41) is 16.5. The fourth-order valence-corrected chi connectivity index (χ4v) is 5.14. The van der Waals surface area contributed by atoms with Crippen molar-refractivity contribution in [1.29, 1.82) is 0 Å². The summed E-state index contributed by atoms with van der Waals surface area (Å²) < 4.78 is 112. The molecule has 0 spiro atoms. The van der Waals surface area contributed by atoms with E-state index < -0.39 is 38.9 Å². The second kappa shape index (κ2) is 19.9. The summed E-state index contributed by atoms with van der Waals surface area (Å²) in [4.78, 5) is 7.22. The molecule has 280 valence electrons. The van der Waals surface area contributed by atoms with Gasteiger partial charge in [0.05, 0.1) is 101 Å². The molecule has 2 heterocycles. The summed E-state index contributed by atoms with van der Waals surface area (Å²) in [6.45, 7) is 6.88.